The Morgan fingerprint density at radius 2 is 2.36 bits per heavy atom. The molecule has 0 aliphatic rings. The third kappa shape index (κ3) is 0.927. The number of aromatic nitrogens is 3. The molecule has 4 nitrogen and oxygen atoms in total. The number of hydrogen-bond donors (Lipinski definition) is 0. The van der Waals surface area contributed by atoms with Gasteiger partial charge in [-0.05, 0) is 12.1 Å². The summed E-state index contributed by atoms with van der Waals surface area (Å²) in [5.74, 6) is 0.853. The highest BCUT2D eigenvalue weighted by Crippen LogP contribution is 2.27. The zero-order valence-electron chi connectivity index (χ0n) is 7.47. The van der Waals surface area contributed by atoms with Crippen molar-refractivity contribution in [1.82, 2.24) is 14.6 Å². The maximum absolute atomic E-state index is 5.17. The van der Waals surface area contributed by atoms with Crippen molar-refractivity contribution in [2.75, 3.05) is 7.11 Å². The van der Waals surface area contributed by atoms with E-state index in [4.69, 9.17) is 4.74 Å². The summed E-state index contributed by atoms with van der Waals surface area (Å²) >= 11 is 1.62. The molecule has 1 aromatic carbocycles. The van der Waals surface area contributed by atoms with Crippen LogP contribution in [0.1, 0.15) is 0 Å². The minimum absolute atomic E-state index is 0.853. The molecule has 0 unspecified atom stereocenters. The quantitative estimate of drug-likeness (QED) is 0.609. The molecule has 0 N–H and O–H groups in total. The Labute approximate surface area is 83.8 Å². The van der Waals surface area contributed by atoms with E-state index in [-0.39, 0.29) is 0 Å². The third-order valence-corrected chi connectivity index (χ3v) is 3.17. The van der Waals surface area contributed by atoms with Crippen molar-refractivity contribution in [2.24, 2.45) is 0 Å². The summed E-state index contributed by atoms with van der Waals surface area (Å²) in [6.07, 6.45) is 1.72. The predicted octanol–water partition coefficient (Wildman–Crippen LogP) is 1.95. The molecule has 3 aromatic rings. The van der Waals surface area contributed by atoms with Crippen LogP contribution in [0.4, 0.5) is 0 Å². The second-order valence-corrected chi connectivity index (χ2v) is 3.93. The van der Waals surface area contributed by atoms with Crippen molar-refractivity contribution in [3.8, 4) is 5.75 Å². The Balaban J connectivity index is 2.46. The number of nitrogens with zero attached hydrogens (tertiary/aromatic N) is 3. The van der Waals surface area contributed by atoms with Crippen LogP contribution in [0.15, 0.2) is 24.5 Å². The first-order valence-corrected chi connectivity index (χ1v) is 4.96. The van der Waals surface area contributed by atoms with Crippen LogP contribution in [0.2, 0.25) is 0 Å². The molecular weight excluding hydrogens is 198 g/mol. The van der Waals surface area contributed by atoms with Crippen molar-refractivity contribution in [3.05, 3.63) is 24.5 Å². The smallest absolute Gasteiger partial charge is 0.217 e. The van der Waals surface area contributed by atoms with Gasteiger partial charge < -0.3 is 4.74 Å². The molecule has 2 heterocycles. The van der Waals surface area contributed by atoms with Gasteiger partial charge in [0.15, 0.2) is 0 Å². The molecule has 2 aromatic heterocycles. The van der Waals surface area contributed by atoms with Gasteiger partial charge in [0.1, 0.15) is 12.1 Å². The van der Waals surface area contributed by atoms with E-state index < -0.39 is 0 Å². The van der Waals surface area contributed by atoms with Crippen LogP contribution >= 0.6 is 11.3 Å². The van der Waals surface area contributed by atoms with Gasteiger partial charge in [-0.2, -0.15) is 0 Å². The summed E-state index contributed by atoms with van der Waals surface area (Å²) in [6.45, 7) is 0. The van der Waals surface area contributed by atoms with Gasteiger partial charge in [0, 0.05) is 6.07 Å². The van der Waals surface area contributed by atoms with E-state index in [1.165, 1.54) is 4.70 Å². The lowest BCUT2D eigenvalue weighted by Gasteiger charge is -1.97. The number of fused-ring (bicyclic) bond motifs is 3. The molecule has 0 amide bonds. The Bertz CT molecular complexity index is 598. The molecule has 0 atom stereocenters. The average molecular weight is 205 g/mol. The number of methoxy groups -OCH3 is 1. The van der Waals surface area contributed by atoms with Crippen LogP contribution in [0.3, 0.4) is 0 Å². The minimum atomic E-state index is 0.853. The molecular formula is C9H7N3OS. The van der Waals surface area contributed by atoms with Gasteiger partial charge in [0.25, 0.3) is 0 Å². The van der Waals surface area contributed by atoms with Gasteiger partial charge in [-0.3, -0.25) is 4.40 Å². The molecule has 0 spiro atoms. The molecule has 14 heavy (non-hydrogen) atoms. The van der Waals surface area contributed by atoms with Crippen molar-refractivity contribution in [1.29, 1.82) is 0 Å². The number of ether oxygens (including phenoxy) is 1. The van der Waals surface area contributed by atoms with Crippen LogP contribution < -0.4 is 4.74 Å². The summed E-state index contributed by atoms with van der Waals surface area (Å²) in [5.41, 5.74) is 1.09. The van der Waals surface area contributed by atoms with E-state index >= 15 is 0 Å². The SMILES string of the molecule is COc1ccc2sc3nncn3c2c1. The molecule has 0 fully saturated rings. The summed E-state index contributed by atoms with van der Waals surface area (Å²) in [5, 5.41) is 7.85. The second-order valence-electron chi connectivity index (χ2n) is 2.92. The Morgan fingerprint density at radius 1 is 1.43 bits per heavy atom. The van der Waals surface area contributed by atoms with Gasteiger partial charge in [0.05, 0.1) is 17.3 Å². The zero-order chi connectivity index (χ0) is 9.54. The van der Waals surface area contributed by atoms with E-state index in [1.54, 1.807) is 24.8 Å². The monoisotopic (exact) mass is 205 g/mol. The lowest BCUT2D eigenvalue weighted by molar-refractivity contribution is 0.415. The highest BCUT2D eigenvalue weighted by atomic mass is 32.1. The van der Waals surface area contributed by atoms with Gasteiger partial charge in [-0.25, -0.2) is 0 Å². The van der Waals surface area contributed by atoms with Gasteiger partial charge >= 0.3 is 0 Å². The van der Waals surface area contributed by atoms with Gasteiger partial charge in [-0.1, -0.05) is 11.3 Å². The van der Waals surface area contributed by atoms with Crippen LogP contribution in [0.5, 0.6) is 5.75 Å². The van der Waals surface area contributed by atoms with Gasteiger partial charge in [0.2, 0.25) is 4.96 Å². The highest BCUT2D eigenvalue weighted by Gasteiger charge is 2.06. The van der Waals surface area contributed by atoms with Crippen LogP contribution in [0.25, 0.3) is 15.2 Å². The molecule has 0 radical (unpaired) electrons. The average Bonchev–Trinajstić information content (AvgIpc) is 2.76. The van der Waals surface area contributed by atoms with Crippen LogP contribution in [-0.4, -0.2) is 21.7 Å². The van der Waals surface area contributed by atoms with Crippen LogP contribution in [0, 0.1) is 0 Å². The lowest BCUT2D eigenvalue weighted by atomic mass is 10.3. The van der Waals surface area contributed by atoms with Crippen molar-refractivity contribution < 1.29 is 4.74 Å². The summed E-state index contributed by atoms with van der Waals surface area (Å²) < 4.78 is 8.32. The molecule has 70 valence electrons. The van der Waals surface area contributed by atoms with E-state index in [1.807, 2.05) is 22.6 Å². The Hall–Kier alpha value is -1.62. The summed E-state index contributed by atoms with van der Waals surface area (Å²) in [4.78, 5) is 0.910. The van der Waals surface area contributed by atoms with Crippen molar-refractivity contribution >= 4 is 26.5 Å². The molecule has 0 bridgehead atoms. The predicted molar refractivity (Wildman–Crippen MR) is 54.9 cm³/mol. The molecule has 0 saturated heterocycles. The number of rotatable bonds is 1. The van der Waals surface area contributed by atoms with E-state index in [0.717, 1.165) is 16.2 Å². The first-order valence-electron chi connectivity index (χ1n) is 4.15. The molecule has 5 heteroatoms. The highest BCUT2D eigenvalue weighted by molar-refractivity contribution is 7.23. The fraction of sp³-hybridized carbons (Fsp3) is 0.111. The van der Waals surface area contributed by atoms with Crippen LogP contribution in [-0.2, 0) is 0 Å². The van der Waals surface area contributed by atoms with E-state index in [9.17, 15) is 0 Å². The van der Waals surface area contributed by atoms with E-state index in [0.29, 0.717) is 0 Å². The topological polar surface area (TPSA) is 39.4 Å². The largest absolute Gasteiger partial charge is 0.497 e. The van der Waals surface area contributed by atoms with Crippen molar-refractivity contribution in [3.63, 3.8) is 0 Å². The maximum atomic E-state index is 5.17. The lowest BCUT2D eigenvalue weighted by Crippen LogP contribution is -1.82. The molecule has 0 aliphatic carbocycles. The minimum Gasteiger partial charge on any atom is -0.497 e. The van der Waals surface area contributed by atoms with Gasteiger partial charge in [-0.15, -0.1) is 10.2 Å². The van der Waals surface area contributed by atoms with E-state index in [2.05, 4.69) is 10.2 Å². The maximum Gasteiger partial charge on any atom is 0.217 e. The number of benzene rings is 1. The Kier molecular flexibility index (Phi) is 1.49. The normalized spacial score (nSPS) is 11.2. The molecule has 0 saturated carbocycles. The molecule has 0 aliphatic heterocycles. The third-order valence-electron chi connectivity index (χ3n) is 2.14. The standard InChI is InChI=1S/C9H7N3OS/c1-13-6-2-3-8-7(4-6)12-5-10-11-9(12)14-8/h2-5H,1H3. The summed E-state index contributed by atoms with van der Waals surface area (Å²) in [6, 6.07) is 5.97. The Morgan fingerprint density at radius 3 is 3.21 bits per heavy atom. The van der Waals surface area contributed by atoms with Crippen molar-refractivity contribution in [2.45, 2.75) is 0 Å². The fourth-order valence-corrected chi connectivity index (χ4v) is 2.38. The first kappa shape index (κ1) is 7.75. The number of thiazole rings is 1. The fourth-order valence-electron chi connectivity index (χ4n) is 1.46. The zero-order valence-corrected chi connectivity index (χ0v) is 8.28. The number of hydrogen-bond acceptors (Lipinski definition) is 4. The second kappa shape index (κ2) is 2.68. The first-order chi connectivity index (χ1) is 6.88. The molecule has 3 rings (SSSR count). The summed E-state index contributed by atoms with van der Waals surface area (Å²) in [7, 11) is 1.66.